The Labute approximate surface area is 220 Å². The Bertz CT molecular complexity index is 1400. The zero-order valence-corrected chi connectivity index (χ0v) is 22.4. The van der Waals surface area contributed by atoms with Gasteiger partial charge in [-0.3, -0.25) is 14.4 Å². The van der Waals surface area contributed by atoms with Crippen molar-refractivity contribution >= 4 is 39.8 Å². The van der Waals surface area contributed by atoms with Crippen molar-refractivity contribution in [1.82, 2.24) is 19.8 Å². The number of likely N-dealkylation sites (tertiary alicyclic amines) is 1. The molecule has 2 aliphatic rings. The van der Waals surface area contributed by atoms with E-state index in [0.717, 1.165) is 36.5 Å². The third-order valence-electron chi connectivity index (χ3n) is 6.74. The Kier molecular flexibility index (Phi) is 7.80. The van der Waals surface area contributed by atoms with E-state index in [9.17, 15) is 19.2 Å². The summed E-state index contributed by atoms with van der Waals surface area (Å²) in [7, 11) is 0. The Balaban J connectivity index is 0.000000617. The molecule has 5 rings (SSSR count). The van der Waals surface area contributed by atoms with Crippen LogP contribution in [0.15, 0.2) is 35.3 Å². The Hall–Kier alpha value is -3.82. The smallest absolute Gasteiger partial charge is 0.410 e. The highest BCUT2D eigenvalue weighted by Crippen LogP contribution is 2.32. The number of carbonyl (C=O) groups is 3. The average Bonchev–Trinajstić information content (AvgIpc) is 3.37. The fourth-order valence-electron chi connectivity index (χ4n) is 4.74. The maximum absolute atomic E-state index is 13.6. The van der Waals surface area contributed by atoms with Gasteiger partial charge in [0.25, 0.3) is 11.5 Å². The summed E-state index contributed by atoms with van der Waals surface area (Å²) in [5, 5.41) is 9.36. The number of nitrogens with zero attached hydrogens (tertiary/aromatic N) is 2. The van der Waals surface area contributed by atoms with Gasteiger partial charge in [-0.1, -0.05) is 6.92 Å². The highest BCUT2D eigenvalue weighted by atomic mass is 16.6. The number of carboxylic acids is 1. The van der Waals surface area contributed by atoms with E-state index >= 15 is 0 Å². The van der Waals surface area contributed by atoms with Gasteiger partial charge in [-0.05, 0) is 70.7 Å². The number of benzene rings is 1. The molecule has 10 nitrogen and oxygen atoms in total. The summed E-state index contributed by atoms with van der Waals surface area (Å²) in [4.78, 5) is 57.5. The van der Waals surface area contributed by atoms with E-state index in [1.807, 2.05) is 37.8 Å². The van der Waals surface area contributed by atoms with Crippen LogP contribution in [0.1, 0.15) is 70.2 Å². The summed E-state index contributed by atoms with van der Waals surface area (Å²) in [6.45, 7) is 8.36. The van der Waals surface area contributed by atoms with Crippen LogP contribution in [0.2, 0.25) is 0 Å². The van der Waals surface area contributed by atoms with E-state index < -0.39 is 11.6 Å². The fraction of sp³-hybridized carbons (Fsp3) is 0.500. The molecule has 2 fully saturated rings. The summed E-state index contributed by atoms with van der Waals surface area (Å²) in [6.07, 6.45) is 5.37. The van der Waals surface area contributed by atoms with Crippen molar-refractivity contribution in [3.05, 3.63) is 46.4 Å². The quantitative estimate of drug-likeness (QED) is 0.450. The second kappa shape index (κ2) is 10.9. The number of hydrogen-bond donors (Lipinski definition) is 3. The highest BCUT2D eigenvalue weighted by molar-refractivity contribution is 6.07. The standard InChI is InChI=1S/C25H30N4O4.C3H6O2/c1-25(2,3)33-24(32)28-12-4-5-17(28)14-29(16-7-8-16)23(31)15-6-9-20-19(13-15)18-10-11-26-21(18)22(30)27-20;1-2-3(4)5/h6,9-11,13,16-17,26H,4-5,7-8,12,14H2,1-3H3,(H,27,30);2H2,1H3,(H,4,5)/t17-;/m0./s1. The molecule has 3 N–H and O–H groups in total. The molecule has 38 heavy (non-hydrogen) atoms. The lowest BCUT2D eigenvalue weighted by Crippen LogP contribution is -2.47. The van der Waals surface area contributed by atoms with Gasteiger partial charge in [0.15, 0.2) is 0 Å². The van der Waals surface area contributed by atoms with E-state index in [4.69, 9.17) is 9.84 Å². The van der Waals surface area contributed by atoms with Crippen LogP contribution in [0.4, 0.5) is 4.79 Å². The summed E-state index contributed by atoms with van der Waals surface area (Å²) in [5.74, 6) is -0.782. The molecule has 1 atom stereocenters. The second-order valence-corrected chi connectivity index (χ2v) is 10.9. The first-order valence-corrected chi connectivity index (χ1v) is 13.1. The van der Waals surface area contributed by atoms with Gasteiger partial charge in [-0.25, -0.2) is 4.79 Å². The summed E-state index contributed by atoms with van der Waals surface area (Å²) >= 11 is 0. The molecule has 0 unspecified atom stereocenters. The number of H-pyrrole nitrogens is 2. The topological polar surface area (TPSA) is 136 Å². The highest BCUT2D eigenvalue weighted by Gasteiger charge is 2.39. The van der Waals surface area contributed by atoms with Crippen LogP contribution >= 0.6 is 0 Å². The van der Waals surface area contributed by atoms with Gasteiger partial charge in [-0.15, -0.1) is 0 Å². The third kappa shape index (κ3) is 6.17. The molecule has 1 aromatic carbocycles. The van der Waals surface area contributed by atoms with E-state index in [2.05, 4.69) is 9.97 Å². The van der Waals surface area contributed by atoms with E-state index in [0.29, 0.717) is 29.7 Å². The Morgan fingerprint density at radius 1 is 1.13 bits per heavy atom. The lowest BCUT2D eigenvalue weighted by atomic mass is 10.1. The molecule has 1 aliphatic carbocycles. The second-order valence-electron chi connectivity index (χ2n) is 10.9. The summed E-state index contributed by atoms with van der Waals surface area (Å²) < 4.78 is 5.60. The van der Waals surface area contributed by atoms with Gasteiger partial charge in [0.2, 0.25) is 0 Å². The number of carboxylic acid groups (broad SMARTS) is 1. The van der Waals surface area contributed by atoms with Gasteiger partial charge in [-0.2, -0.15) is 0 Å². The first kappa shape index (κ1) is 27.2. The van der Waals surface area contributed by atoms with Crippen LogP contribution in [-0.4, -0.2) is 73.6 Å². The van der Waals surface area contributed by atoms with Gasteiger partial charge in [0.05, 0.1) is 6.04 Å². The number of aromatic amines is 2. The van der Waals surface area contributed by atoms with Crippen molar-refractivity contribution in [1.29, 1.82) is 0 Å². The molecule has 2 aromatic heterocycles. The van der Waals surface area contributed by atoms with Crippen molar-refractivity contribution in [2.75, 3.05) is 13.1 Å². The largest absolute Gasteiger partial charge is 0.481 e. The normalized spacial score (nSPS) is 17.3. The number of rotatable bonds is 5. The molecule has 0 bridgehead atoms. The maximum Gasteiger partial charge on any atom is 0.410 e. The molecule has 1 aliphatic heterocycles. The monoisotopic (exact) mass is 524 g/mol. The SMILES string of the molecule is CC(C)(C)OC(=O)N1CCC[C@H]1CN(C(=O)c1ccc2[nH]c(=O)c3[nH]ccc3c2c1)C1CC1.CCC(=O)O. The lowest BCUT2D eigenvalue weighted by molar-refractivity contribution is -0.136. The maximum atomic E-state index is 13.6. The van der Waals surface area contributed by atoms with Crippen LogP contribution in [0, 0.1) is 0 Å². The first-order chi connectivity index (χ1) is 18.0. The van der Waals surface area contributed by atoms with Gasteiger partial charge < -0.3 is 29.6 Å². The van der Waals surface area contributed by atoms with Crippen molar-refractivity contribution in [2.45, 2.75) is 77.5 Å². The number of amides is 2. The molecular formula is C28H36N4O6. The van der Waals surface area contributed by atoms with Gasteiger partial charge in [0, 0.05) is 53.6 Å². The number of pyridine rings is 1. The molecule has 10 heteroatoms. The summed E-state index contributed by atoms with van der Waals surface area (Å²) in [5.41, 5.74) is 1.07. The van der Waals surface area contributed by atoms with E-state index in [1.54, 1.807) is 30.2 Å². The molecule has 0 radical (unpaired) electrons. The predicted octanol–water partition coefficient (Wildman–Crippen LogP) is 4.49. The van der Waals surface area contributed by atoms with E-state index in [-0.39, 0.29) is 36.1 Å². The lowest BCUT2D eigenvalue weighted by Gasteiger charge is -2.32. The molecule has 204 valence electrons. The number of aliphatic carboxylic acids is 1. The van der Waals surface area contributed by atoms with Crippen LogP contribution < -0.4 is 5.56 Å². The van der Waals surface area contributed by atoms with Crippen LogP contribution in [0.5, 0.6) is 0 Å². The van der Waals surface area contributed by atoms with Crippen molar-refractivity contribution in [3.63, 3.8) is 0 Å². The molecule has 2 amide bonds. The van der Waals surface area contributed by atoms with Crippen LogP contribution in [0.25, 0.3) is 21.8 Å². The third-order valence-corrected chi connectivity index (χ3v) is 6.74. The number of fused-ring (bicyclic) bond motifs is 3. The Morgan fingerprint density at radius 3 is 2.47 bits per heavy atom. The number of ether oxygens (including phenoxy) is 1. The zero-order valence-electron chi connectivity index (χ0n) is 22.4. The molecule has 1 saturated carbocycles. The zero-order chi connectivity index (χ0) is 27.6. The Morgan fingerprint density at radius 2 is 1.84 bits per heavy atom. The minimum absolute atomic E-state index is 0.0367. The number of aromatic nitrogens is 2. The summed E-state index contributed by atoms with van der Waals surface area (Å²) in [6, 6.07) is 7.45. The average molecular weight is 525 g/mol. The number of hydrogen-bond acceptors (Lipinski definition) is 5. The molecule has 3 heterocycles. The molecule has 0 spiro atoms. The van der Waals surface area contributed by atoms with Crippen molar-refractivity contribution in [2.24, 2.45) is 0 Å². The van der Waals surface area contributed by atoms with E-state index in [1.165, 1.54) is 0 Å². The van der Waals surface area contributed by atoms with Crippen LogP contribution in [0.3, 0.4) is 0 Å². The minimum Gasteiger partial charge on any atom is -0.481 e. The van der Waals surface area contributed by atoms with Crippen LogP contribution in [-0.2, 0) is 9.53 Å². The molecular weight excluding hydrogens is 488 g/mol. The predicted molar refractivity (Wildman–Crippen MR) is 144 cm³/mol. The number of carbonyl (C=O) groups excluding carboxylic acids is 2. The molecule has 1 saturated heterocycles. The van der Waals surface area contributed by atoms with Crippen molar-refractivity contribution < 1.29 is 24.2 Å². The number of nitrogens with one attached hydrogen (secondary N) is 2. The van der Waals surface area contributed by atoms with Crippen molar-refractivity contribution in [3.8, 4) is 0 Å². The van der Waals surface area contributed by atoms with Gasteiger partial charge >= 0.3 is 12.1 Å². The minimum atomic E-state index is -0.745. The fourth-order valence-corrected chi connectivity index (χ4v) is 4.74. The molecule has 3 aromatic rings. The first-order valence-electron chi connectivity index (χ1n) is 13.1. The van der Waals surface area contributed by atoms with Gasteiger partial charge in [0.1, 0.15) is 11.1 Å².